The van der Waals surface area contributed by atoms with E-state index in [0.717, 1.165) is 0 Å². The molecule has 0 heterocycles. The Labute approximate surface area is 72.5 Å². The Morgan fingerprint density at radius 3 is 2.64 bits per heavy atom. The zero-order valence-electron chi connectivity index (χ0n) is 5.67. The molecular formula is C7H7BrFNO. The molecule has 0 fully saturated rings. The third-order valence-corrected chi connectivity index (χ3v) is 1.53. The molecular weight excluding hydrogens is 213 g/mol. The van der Waals surface area contributed by atoms with E-state index in [9.17, 15) is 4.48 Å². The molecule has 0 atom stereocenters. The Kier molecular flexibility index (Phi) is 2.84. The number of benzene rings is 1. The number of nitrogens with zero attached hydrogens (tertiary/aromatic N) is 1. The van der Waals surface area contributed by atoms with Crippen LogP contribution >= 0.6 is 16.1 Å². The van der Waals surface area contributed by atoms with Crippen LogP contribution in [-0.4, -0.2) is 9.25 Å². The highest BCUT2D eigenvalue weighted by atomic mass is 79.9. The molecule has 60 valence electrons. The van der Waals surface area contributed by atoms with E-state index in [2.05, 4.69) is 16.1 Å². The van der Waals surface area contributed by atoms with Crippen LogP contribution in [-0.2, 0) is 6.54 Å². The average Bonchev–Trinajstić information content (AvgIpc) is 1.93. The summed E-state index contributed by atoms with van der Waals surface area (Å²) in [4.78, 5) is 0. The van der Waals surface area contributed by atoms with Gasteiger partial charge in [-0.15, -0.1) is 4.48 Å². The molecule has 0 saturated heterocycles. The van der Waals surface area contributed by atoms with Crippen LogP contribution in [0.15, 0.2) is 24.3 Å². The lowest BCUT2D eigenvalue weighted by Gasteiger charge is -2.04. The molecule has 11 heavy (non-hydrogen) atoms. The minimum absolute atomic E-state index is 0.0344. The van der Waals surface area contributed by atoms with Crippen molar-refractivity contribution in [2.24, 2.45) is 0 Å². The van der Waals surface area contributed by atoms with Crippen molar-refractivity contribution in [2.75, 3.05) is 0 Å². The van der Waals surface area contributed by atoms with E-state index in [1.807, 2.05) is 0 Å². The Balaban J connectivity index is 2.78. The lowest BCUT2D eigenvalue weighted by atomic mass is 10.2. The van der Waals surface area contributed by atoms with Gasteiger partial charge in [-0.2, -0.15) is 0 Å². The highest BCUT2D eigenvalue weighted by Gasteiger charge is 2.02. The van der Waals surface area contributed by atoms with Gasteiger partial charge in [-0.3, -0.25) is 0 Å². The summed E-state index contributed by atoms with van der Waals surface area (Å²) < 4.78 is 12.5. The highest BCUT2D eigenvalue weighted by molar-refractivity contribution is 9.07. The van der Waals surface area contributed by atoms with E-state index in [1.54, 1.807) is 18.2 Å². The summed E-state index contributed by atoms with van der Waals surface area (Å²) in [5, 5.41) is 9.15. The minimum atomic E-state index is 0.0344. The minimum Gasteiger partial charge on any atom is -0.508 e. The monoisotopic (exact) mass is 219 g/mol. The maximum atomic E-state index is 12.2. The second-order valence-electron chi connectivity index (χ2n) is 2.09. The number of rotatable bonds is 2. The number of phenolic OH excluding ortho intramolecular Hbond substituents is 1. The van der Waals surface area contributed by atoms with Gasteiger partial charge in [-0.1, -0.05) is 22.3 Å². The van der Waals surface area contributed by atoms with Gasteiger partial charge in [0.2, 0.25) is 0 Å². The van der Waals surface area contributed by atoms with Gasteiger partial charge in [0.05, 0.1) is 6.54 Å². The first kappa shape index (κ1) is 8.49. The van der Waals surface area contributed by atoms with Gasteiger partial charge < -0.3 is 5.11 Å². The normalized spacial score (nSPS) is 10.5. The van der Waals surface area contributed by atoms with Gasteiger partial charge in [0.25, 0.3) is 0 Å². The van der Waals surface area contributed by atoms with Crippen LogP contribution in [0.4, 0.5) is 4.48 Å². The van der Waals surface area contributed by atoms with Crippen molar-refractivity contribution in [3.05, 3.63) is 29.8 Å². The quantitative estimate of drug-likeness (QED) is 0.773. The van der Waals surface area contributed by atoms with E-state index in [4.69, 9.17) is 5.11 Å². The molecule has 1 rings (SSSR count). The molecule has 0 spiro atoms. The van der Waals surface area contributed by atoms with Gasteiger partial charge in [0.1, 0.15) is 5.75 Å². The highest BCUT2D eigenvalue weighted by Crippen LogP contribution is 2.18. The smallest absolute Gasteiger partial charge is 0.120 e. The number of phenols is 1. The van der Waals surface area contributed by atoms with Crippen LogP contribution in [0, 0.1) is 0 Å². The van der Waals surface area contributed by atoms with Crippen molar-refractivity contribution in [3.63, 3.8) is 0 Å². The number of aromatic hydroxyl groups is 1. The zero-order valence-corrected chi connectivity index (χ0v) is 7.25. The second-order valence-corrected chi connectivity index (χ2v) is 2.86. The first-order valence-electron chi connectivity index (χ1n) is 3.06. The fourth-order valence-corrected chi connectivity index (χ4v) is 1.04. The Bertz CT molecular complexity index is 242. The summed E-state index contributed by atoms with van der Waals surface area (Å²) >= 11 is 2.60. The Hall–Kier alpha value is -0.610. The summed E-state index contributed by atoms with van der Waals surface area (Å²) in [5.41, 5.74) is 0.548. The van der Waals surface area contributed by atoms with Gasteiger partial charge in [-0.25, -0.2) is 0 Å². The summed E-state index contributed by atoms with van der Waals surface area (Å²) in [6.45, 7) is 0.0344. The van der Waals surface area contributed by atoms with Crippen LogP contribution in [0.2, 0.25) is 0 Å². The van der Waals surface area contributed by atoms with Gasteiger partial charge in [0, 0.05) is 21.7 Å². The van der Waals surface area contributed by atoms with Crippen molar-refractivity contribution < 1.29 is 9.59 Å². The molecule has 4 heteroatoms. The van der Waals surface area contributed by atoms with Crippen molar-refractivity contribution in [1.82, 2.24) is 4.15 Å². The van der Waals surface area contributed by atoms with E-state index < -0.39 is 0 Å². The average molecular weight is 220 g/mol. The number of para-hydroxylation sites is 1. The molecule has 1 aromatic rings. The lowest BCUT2D eigenvalue weighted by molar-refractivity contribution is 0.161. The van der Waals surface area contributed by atoms with Gasteiger partial charge in [-0.05, 0) is 6.07 Å². The van der Waals surface area contributed by atoms with Crippen molar-refractivity contribution in [3.8, 4) is 5.75 Å². The standard InChI is InChI=1S/C7H7BrFNO/c8-10(9)5-6-3-1-2-4-7(6)11/h1-4,11H,5H2. The van der Waals surface area contributed by atoms with Gasteiger partial charge in [0.15, 0.2) is 0 Å². The molecule has 0 saturated carbocycles. The first-order chi connectivity index (χ1) is 5.20. The summed E-state index contributed by atoms with van der Waals surface area (Å²) in [7, 11) is 0. The van der Waals surface area contributed by atoms with E-state index in [0.29, 0.717) is 9.71 Å². The van der Waals surface area contributed by atoms with E-state index >= 15 is 0 Å². The third-order valence-electron chi connectivity index (χ3n) is 1.28. The van der Waals surface area contributed by atoms with Crippen LogP contribution in [0.1, 0.15) is 5.56 Å². The molecule has 0 aliphatic carbocycles. The molecule has 0 aliphatic rings. The molecule has 1 N–H and O–H groups in total. The predicted molar refractivity (Wildman–Crippen MR) is 43.7 cm³/mol. The predicted octanol–water partition coefficient (Wildman–Crippen LogP) is 2.39. The van der Waals surface area contributed by atoms with Crippen molar-refractivity contribution in [1.29, 1.82) is 0 Å². The summed E-state index contributed by atoms with van der Waals surface area (Å²) in [5.74, 6) is 0.106. The van der Waals surface area contributed by atoms with Crippen molar-refractivity contribution >= 4 is 16.1 Å². The summed E-state index contributed by atoms with van der Waals surface area (Å²) in [6.07, 6.45) is 0. The first-order valence-corrected chi connectivity index (χ1v) is 3.77. The molecule has 2 nitrogen and oxygen atoms in total. The fourth-order valence-electron chi connectivity index (χ4n) is 0.773. The molecule has 0 bridgehead atoms. The lowest BCUT2D eigenvalue weighted by Crippen LogP contribution is -1.97. The van der Waals surface area contributed by atoms with Crippen molar-refractivity contribution in [2.45, 2.75) is 6.54 Å². The van der Waals surface area contributed by atoms with Crippen LogP contribution in [0.3, 0.4) is 0 Å². The summed E-state index contributed by atoms with van der Waals surface area (Å²) in [6, 6.07) is 6.61. The molecule has 0 aliphatic heterocycles. The van der Waals surface area contributed by atoms with Crippen LogP contribution in [0.25, 0.3) is 0 Å². The maximum absolute atomic E-state index is 12.2. The third kappa shape index (κ3) is 2.48. The molecule has 0 radical (unpaired) electrons. The Morgan fingerprint density at radius 2 is 2.09 bits per heavy atom. The number of halogens is 2. The molecule has 0 amide bonds. The van der Waals surface area contributed by atoms with Gasteiger partial charge >= 0.3 is 0 Å². The SMILES string of the molecule is Oc1ccccc1CN(F)Br. The fraction of sp³-hybridized carbons (Fsp3) is 0.143. The van der Waals surface area contributed by atoms with Crippen LogP contribution < -0.4 is 0 Å². The van der Waals surface area contributed by atoms with E-state index in [-0.39, 0.29) is 12.3 Å². The molecule has 0 unspecified atom stereocenters. The molecule has 1 aromatic carbocycles. The largest absolute Gasteiger partial charge is 0.508 e. The Morgan fingerprint density at radius 1 is 1.45 bits per heavy atom. The maximum Gasteiger partial charge on any atom is 0.120 e. The van der Waals surface area contributed by atoms with E-state index in [1.165, 1.54) is 6.07 Å². The number of hydrogen-bond donors (Lipinski definition) is 1. The second kappa shape index (κ2) is 3.69. The number of hydrogen-bond acceptors (Lipinski definition) is 2. The topological polar surface area (TPSA) is 23.5 Å². The van der Waals surface area contributed by atoms with Crippen LogP contribution in [0.5, 0.6) is 5.75 Å². The zero-order chi connectivity index (χ0) is 8.27. The molecule has 0 aromatic heterocycles.